The summed E-state index contributed by atoms with van der Waals surface area (Å²) in [6.07, 6.45) is 8.78. The predicted molar refractivity (Wildman–Crippen MR) is 108 cm³/mol. The van der Waals surface area contributed by atoms with Gasteiger partial charge in [-0.2, -0.15) is 0 Å². The number of fused-ring (bicyclic) bond motifs is 1. The molecule has 3 rings (SSSR count). The number of amides is 1. The third-order valence-corrected chi connectivity index (χ3v) is 4.94. The minimum Gasteiger partial charge on any atom is -0.376 e. The molecule has 1 unspecified atom stereocenters. The van der Waals surface area contributed by atoms with E-state index < -0.39 is 0 Å². The first-order valence-corrected chi connectivity index (χ1v) is 9.25. The van der Waals surface area contributed by atoms with Crippen LogP contribution in [0.25, 0.3) is 6.08 Å². The zero-order valence-corrected chi connectivity index (χ0v) is 16.0. The molecule has 1 aromatic heterocycles. The van der Waals surface area contributed by atoms with Gasteiger partial charge in [-0.3, -0.25) is 9.78 Å². The Balaban J connectivity index is 1.94. The van der Waals surface area contributed by atoms with E-state index in [2.05, 4.69) is 47.6 Å². The van der Waals surface area contributed by atoms with Crippen molar-refractivity contribution in [2.45, 2.75) is 39.2 Å². The van der Waals surface area contributed by atoms with E-state index in [4.69, 9.17) is 0 Å². The molecule has 0 bridgehead atoms. The van der Waals surface area contributed by atoms with Crippen molar-refractivity contribution in [3.63, 3.8) is 0 Å². The van der Waals surface area contributed by atoms with Crippen LogP contribution in [0.3, 0.4) is 0 Å². The molecule has 0 spiro atoms. The highest BCUT2D eigenvalue weighted by Crippen LogP contribution is 2.32. The van der Waals surface area contributed by atoms with Crippen molar-refractivity contribution in [1.82, 2.24) is 10.3 Å². The van der Waals surface area contributed by atoms with Crippen LogP contribution in [0.15, 0.2) is 36.5 Å². The van der Waals surface area contributed by atoms with Gasteiger partial charge in [0.15, 0.2) is 0 Å². The van der Waals surface area contributed by atoms with Crippen LogP contribution in [0.2, 0.25) is 0 Å². The molecule has 0 saturated heterocycles. The molecule has 1 aliphatic rings. The summed E-state index contributed by atoms with van der Waals surface area (Å²) in [4.78, 5) is 19.5. The van der Waals surface area contributed by atoms with Crippen molar-refractivity contribution in [2.24, 2.45) is 0 Å². The number of hydrogen-bond donors (Lipinski definition) is 1. The Bertz CT molecular complexity index is 839. The molecule has 0 aliphatic heterocycles. The Morgan fingerprint density at radius 3 is 2.85 bits per heavy atom. The number of pyridine rings is 1. The molecule has 2 aromatic rings. The maximum absolute atomic E-state index is 13.1. The van der Waals surface area contributed by atoms with E-state index in [-0.39, 0.29) is 11.9 Å². The topological polar surface area (TPSA) is 45.2 Å². The summed E-state index contributed by atoms with van der Waals surface area (Å²) < 4.78 is 0. The molecule has 1 aromatic carbocycles. The summed E-state index contributed by atoms with van der Waals surface area (Å²) in [5.41, 5.74) is 6.06. The smallest absolute Gasteiger partial charge is 0.255 e. The van der Waals surface area contributed by atoms with E-state index in [1.165, 1.54) is 11.1 Å². The standard InChI is InChI=1S/C22H27N3O/c1-5-6-10-17-15(2)23-14-19(21(17)25(3)4)22(26)24-20-13-12-16-9-7-8-11-18(16)20/h6-11,14,20H,5,12-13H2,1-4H3,(H,24,26)/b10-6-. The molecule has 4 nitrogen and oxygen atoms in total. The Morgan fingerprint density at radius 1 is 1.35 bits per heavy atom. The van der Waals surface area contributed by atoms with Crippen LogP contribution in [-0.4, -0.2) is 25.0 Å². The summed E-state index contributed by atoms with van der Waals surface area (Å²) in [6, 6.07) is 8.43. The number of nitrogens with zero attached hydrogens (tertiary/aromatic N) is 2. The number of nitrogens with one attached hydrogen (secondary N) is 1. The number of anilines is 1. The Labute approximate surface area is 155 Å². The van der Waals surface area contributed by atoms with Gasteiger partial charge in [0.2, 0.25) is 0 Å². The molecule has 1 atom stereocenters. The first kappa shape index (κ1) is 18.2. The summed E-state index contributed by atoms with van der Waals surface area (Å²) in [7, 11) is 3.94. The van der Waals surface area contributed by atoms with Crippen molar-refractivity contribution < 1.29 is 4.79 Å². The van der Waals surface area contributed by atoms with Gasteiger partial charge in [0.25, 0.3) is 5.91 Å². The van der Waals surface area contributed by atoms with Gasteiger partial charge in [0, 0.05) is 31.5 Å². The van der Waals surface area contributed by atoms with Crippen LogP contribution in [-0.2, 0) is 6.42 Å². The highest BCUT2D eigenvalue weighted by Gasteiger charge is 2.26. The van der Waals surface area contributed by atoms with Crippen molar-refractivity contribution in [2.75, 3.05) is 19.0 Å². The van der Waals surface area contributed by atoms with Crippen LogP contribution >= 0.6 is 0 Å². The minimum absolute atomic E-state index is 0.0611. The number of aryl methyl sites for hydroxylation is 2. The maximum Gasteiger partial charge on any atom is 0.255 e. The van der Waals surface area contributed by atoms with Gasteiger partial charge in [0.05, 0.1) is 17.3 Å². The second-order valence-corrected chi connectivity index (χ2v) is 6.99. The van der Waals surface area contributed by atoms with Gasteiger partial charge < -0.3 is 10.2 Å². The van der Waals surface area contributed by atoms with E-state index in [0.717, 1.165) is 36.2 Å². The highest BCUT2D eigenvalue weighted by molar-refractivity contribution is 6.01. The number of carbonyl (C=O) groups is 1. The summed E-state index contributed by atoms with van der Waals surface area (Å²) in [5, 5.41) is 3.22. The normalized spacial score (nSPS) is 15.9. The third-order valence-electron chi connectivity index (χ3n) is 4.94. The number of allylic oxidation sites excluding steroid dienone is 1. The monoisotopic (exact) mass is 349 g/mol. The molecule has 4 heteroatoms. The SMILES string of the molecule is CC/C=C\c1c(C)ncc(C(=O)NC2CCc3ccccc32)c1N(C)C. The fourth-order valence-corrected chi connectivity index (χ4v) is 3.63. The van der Waals surface area contributed by atoms with E-state index in [0.29, 0.717) is 5.56 Å². The average molecular weight is 349 g/mol. The zero-order valence-electron chi connectivity index (χ0n) is 16.0. The lowest BCUT2D eigenvalue weighted by Crippen LogP contribution is -2.29. The van der Waals surface area contributed by atoms with Gasteiger partial charge in [-0.15, -0.1) is 0 Å². The molecule has 1 amide bonds. The number of rotatable bonds is 5. The van der Waals surface area contributed by atoms with Crippen LogP contribution in [0.5, 0.6) is 0 Å². The quantitative estimate of drug-likeness (QED) is 0.875. The Morgan fingerprint density at radius 2 is 2.12 bits per heavy atom. The second-order valence-electron chi connectivity index (χ2n) is 6.99. The van der Waals surface area contributed by atoms with Crippen LogP contribution in [0.1, 0.15) is 58.5 Å². The van der Waals surface area contributed by atoms with E-state index >= 15 is 0 Å². The van der Waals surface area contributed by atoms with Gasteiger partial charge >= 0.3 is 0 Å². The first-order chi connectivity index (χ1) is 12.5. The average Bonchev–Trinajstić information content (AvgIpc) is 3.03. The largest absolute Gasteiger partial charge is 0.376 e. The molecule has 26 heavy (non-hydrogen) atoms. The third kappa shape index (κ3) is 3.50. The van der Waals surface area contributed by atoms with Crippen molar-refractivity contribution in [3.05, 3.63) is 64.5 Å². The van der Waals surface area contributed by atoms with Crippen LogP contribution < -0.4 is 10.2 Å². The van der Waals surface area contributed by atoms with Crippen LogP contribution in [0, 0.1) is 6.92 Å². The molecular weight excluding hydrogens is 322 g/mol. The molecule has 0 fully saturated rings. The van der Waals surface area contributed by atoms with Gasteiger partial charge in [0.1, 0.15) is 0 Å². The van der Waals surface area contributed by atoms with Gasteiger partial charge in [-0.05, 0) is 37.3 Å². The maximum atomic E-state index is 13.1. The lowest BCUT2D eigenvalue weighted by Gasteiger charge is -2.22. The van der Waals surface area contributed by atoms with Crippen molar-refractivity contribution >= 4 is 17.7 Å². The van der Waals surface area contributed by atoms with Gasteiger partial charge in [-0.25, -0.2) is 0 Å². The second kappa shape index (κ2) is 7.73. The minimum atomic E-state index is -0.0611. The summed E-state index contributed by atoms with van der Waals surface area (Å²) in [5.74, 6) is -0.0611. The number of aromatic nitrogens is 1. The van der Waals surface area contributed by atoms with Crippen molar-refractivity contribution in [3.8, 4) is 0 Å². The highest BCUT2D eigenvalue weighted by atomic mass is 16.1. The molecule has 1 heterocycles. The predicted octanol–water partition coefficient (Wildman–Crippen LogP) is 4.30. The molecule has 1 N–H and O–H groups in total. The van der Waals surface area contributed by atoms with Crippen molar-refractivity contribution in [1.29, 1.82) is 0 Å². The van der Waals surface area contributed by atoms with Gasteiger partial charge in [-0.1, -0.05) is 43.3 Å². The summed E-state index contributed by atoms with van der Waals surface area (Å²) >= 11 is 0. The Kier molecular flexibility index (Phi) is 5.40. The summed E-state index contributed by atoms with van der Waals surface area (Å²) in [6.45, 7) is 4.08. The van der Waals surface area contributed by atoms with E-state index in [9.17, 15) is 4.79 Å². The molecule has 0 saturated carbocycles. The Hall–Kier alpha value is -2.62. The molecule has 0 radical (unpaired) electrons. The van der Waals surface area contributed by atoms with E-state index in [1.54, 1.807) is 6.20 Å². The number of benzene rings is 1. The van der Waals surface area contributed by atoms with E-state index in [1.807, 2.05) is 32.0 Å². The van der Waals surface area contributed by atoms with Crippen LogP contribution in [0.4, 0.5) is 5.69 Å². The lowest BCUT2D eigenvalue weighted by molar-refractivity contribution is 0.0937. The molecule has 136 valence electrons. The zero-order chi connectivity index (χ0) is 18.7. The number of hydrogen-bond acceptors (Lipinski definition) is 3. The molecule has 1 aliphatic carbocycles. The fourth-order valence-electron chi connectivity index (χ4n) is 3.63. The number of carbonyl (C=O) groups excluding carboxylic acids is 1. The first-order valence-electron chi connectivity index (χ1n) is 9.25. The lowest BCUT2D eigenvalue weighted by atomic mass is 10.0. The molecular formula is C22H27N3O. The fraction of sp³-hybridized carbons (Fsp3) is 0.364.